The summed E-state index contributed by atoms with van der Waals surface area (Å²) >= 11 is 0. The van der Waals surface area contributed by atoms with Crippen molar-refractivity contribution >= 4 is 16.1 Å². The second-order valence-corrected chi connectivity index (χ2v) is 8.42. The Morgan fingerprint density at radius 2 is 2.00 bits per heavy atom. The molecule has 1 aromatic carbocycles. The number of allylic oxidation sites excluding steroid dienone is 1. The fourth-order valence-corrected chi connectivity index (χ4v) is 5.29. The maximum absolute atomic E-state index is 11.9. The zero-order chi connectivity index (χ0) is 15.2. The predicted molar refractivity (Wildman–Crippen MR) is 87.2 cm³/mol. The average molecular weight is 316 g/mol. The van der Waals surface area contributed by atoms with Gasteiger partial charge in [0.15, 0.2) is 9.84 Å². The largest absolute Gasteiger partial charge is 0.373 e. The van der Waals surface area contributed by atoms with E-state index in [4.69, 9.17) is 0 Å². The molecule has 1 saturated heterocycles. The summed E-state index contributed by atoms with van der Waals surface area (Å²) in [4.78, 5) is 7.24. The van der Waals surface area contributed by atoms with Gasteiger partial charge in [-0.15, -0.1) is 0 Å². The molecule has 4 nitrogen and oxygen atoms in total. The summed E-state index contributed by atoms with van der Waals surface area (Å²) in [6.07, 6.45) is 6.93. The Balaban J connectivity index is 1.48. The highest BCUT2D eigenvalue weighted by molar-refractivity contribution is 7.91. The molecule has 0 spiro atoms. The number of likely N-dealkylation sites (tertiary alicyclic amines) is 1. The first-order chi connectivity index (χ1) is 10.6. The van der Waals surface area contributed by atoms with Gasteiger partial charge in [-0.25, -0.2) is 8.42 Å². The maximum Gasteiger partial charge on any atom is 0.178 e. The first-order valence-electron chi connectivity index (χ1n) is 7.93. The number of fused-ring (bicyclic) bond motifs is 1. The molecule has 0 aromatic heterocycles. The monoisotopic (exact) mass is 316 g/mol. The summed E-state index contributed by atoms with van der Waals surface area (Å²) in [5.74, 6) is 0.825. The van der Waals surface area contributed by atoms with Gasteiger partial charge in [0, 0.05) is 25.0 Å². The lowest BCUT2D eigenvalue weighted by Crippen LogP contribution is -2.32. The number of sulfone groups is 1. The Labute approximate surface area is 131 Å². The molecule has 5 heteroatoms. The van der Waals surface area contributed by atoms with E-state index in [9.17, 15) is 8.42 Å². The predicted octanol–water partition coefficient (Wildman–Crippen LogP) is 2.16. The summed E-state index contributed by atoms with van der Waals surface area (Å²) in [6, 6.07) is 5.99. The normalized spacial score (nSPS) is 23.6. The van der Waals surface area contributed by atoms with Crippen LogP contribution in [-0.4, -0.2) is 44.9 Å². The quantitative estimate of drug-likeness (QED) is 0.840. The average Bonchev–Trinajstić information content (AvgIpc) is 3.16. The van der Waals surface area contributed by atoms with Crippen molar-refractivity contribution in [1.82, 2.24) is 4.90 Å². The molecule has 0 amide bonds. The molecule has 3 aliphatic rings. The highest BCUT2D eigenvalue weighted by Gasteiger charge is 2.28. The first-order valence-corrected chi connectivity index (χ1v) is 9.58. The summed E-state index contributed by atoms with van der Waals surface area (Å²) in [5.41, 5.74) is 3.66. The molecule has 0 atom stereocenters. The van der Waals surface area contributed by atoms with E-state index in [0.29, 0.717) is 17.2 Å². The summed E-state index contributed by atoms with van der Waals surface area (Å²) in [7, 11) is -3.00. The lowest BCUT2D eigenvalue weighted by atomic mass is 9.88. The van der Waals surface area contributed by atoms with Crippen LogP contribution in [0.3, 0.4) is 0 Å². The first kappa shape index (κ1) is 14.0. The van der Waals surface area contributed by atoms with Gasteiger partial charge in [0.05, 0.1) is 17.2 Å². The molecule has 0 aliphatic carbocycles. The van der Waals surface area contributed by atoms with Crippen molar-refractivity contribution in [1.29, 1.82) is 0 Å². The number of hydrogen-bond acceptors (Lipinski definition) is 4. The van der Waals surface area contributed by atoms with Gasteiger partial charge < -0.3 is 4.90 Å². The molecule has 0 bridgehead atoms. The number of rotatable bonds is 2. The van der Waals surface area contributed by atoms with Crippen molar-refractivity contribution in [3.63, 3.8) is 0 Å². The second-order valence-electron chi connectivity index (χ2n) is 6.35. The Bertz CT molecular complexity index is 757. The summed E-state index contributed by atoms with van der Waals surface area (Å²) in [6.45, 7) is 2.95. The number of nitrogens with zero attached hydrogens (tertiary/aromatic N) is 2. The third kappa shape index (κ3) is 2.37. The molecule has 22 heavy (non-hydrogen) atoms. The van der Waals surface area contributed by atoms with Crippen LogP contribution in [-0.2, 0) is 16.3 Å². The number of hydrogen-bond donors (Lipinski definition) is 0. The van der Waals surface area contributed by atoms with Gasteiger partial charge in [-0.3, -0.25) is 4.99 Å². The fraction of sp³-hybridized carbons (Fsp3) is 0.471. The van der Waals surface area contributed by atoms with Crippen LogP contribution in [0.5, 0.6) is 0 Å². The molecule has 1 fully saturated rings. The molecular formula is C17H20N2O2S. The van der Waals surface area contributed by atoms with E-state index in [2.05, 4.69) is 22.0 Å². The smallest absolute Gasteiger partial charge is 0.178 e. The molecule has 4 rings (SSSR count). The van der Waals surface area contributed by atoms with E-state index >= 15 is 0 Å². The molecule has 0 N–H and O–H groups in total. The van der Waals surface area contributed by atoms with Gasteiger partial charge >= 0.3 is 0 Å². The lowest BCUT2D eigenvalue weighted by molar-refractivity contribution is 0.262. The van der Waals surface area contributed by atoms with Crippen molar-refractivity contribution in [2.75, 3.05) is 25.4 Å². The SMILES string of the molecule is O=S1(=O)CCc2cc(C3CCN(C4=CC=NC4)CC3)ccc21. The second kappa shape index (κ2) is 5.23. The van der Waals surface area contributed by atoms with Crippen LogP contribution in [0.4, 0.5) is 0 Å². The van der Waals surface area contributed by atoms with Gasteiger partial charge in [0.1, 0.15) is 0 Å². The maximum atomic E-state index is 11.9. The highest BCUT2D eigenvalue weighted by atomic mass is 32.2. The fourth-order valence-electron chi connectivity index (χ4n) is 3.75. The minimum atomic E-state index is -3.00. The van der Waals surface area contributed by atoms with E-state index in [-0.39, 0.29) is 5.75 Å². The van der Waals surface area contributed by atoms with Crippen molar-refractivity contribution in [2.24, 2.45) is 4.99 Å². The third-order valence-corrected chi connectivity index (χ3v) is 6.87. The van der Waals surface area contributed by atoms with Crippen LogP contribution in [0.25, 0.3) is 0 Å². The molecule has 3 aliphatic heterocycles. The van der Waals surface area contributed by atoms with Crippen LogP contribution < -0.4 is 0 Å². The third-order valence-electron chi connectivity index (χ3n) is 5.06. The number of piperidine rings is 1. The molecule has 0 radical (unpaired) electrons. The zero-order valence-electron chi connectivity index (χ0n) is 12.5. The number of aliphatic imine (C=N–C) groups is 1. The van der Waals surface area contributed by atoms with Crippen molar-refractivity contribution < 1.29 is 8.42 Å². The standard InChI is InChI=1S/C17H20N2O2S/c20-22(21)10-6-15-11-14(1-2-17(15)22)13-4-8-19(9-5-13)16-3-7-18-12-16/h1-3,7,11,13H,4-6,8-10,12H2. The van der Waals surface area contributed by atoms with Crippen molar-refractivity contribution in [3.8, 4) is 0 Å². The minimum absolute atomic E-state index is 0.276. The number of benzene rings is 1. The number of aryl methyl sites for hydroxylation is 1. The van der Waals surface area contributed by atoms with Crippen LogP contribution in [0.2, 0.25) is 0 Å². The Morgan fingerprint density at radius 1 is 1.18 bits per heavy atom. The summed E-state index contributed by atoms with van der Waals surface area (Å²) in [5, 5.41) is 0. The Hall–Kier alpha value is -1.62. The van der Waals surface area contributed by atoms with Gasteiger partial charge in [-0.05, 0) is 48.4 Å². The van der Waals surface area contributed by atoms with E-state index in [0.717, 1.165) is 38.0 Å². The Morgan fingerprint density at radius 3 is 2.73 bits per heavy atom. The van der Waals surface area contributed by atoms with Crippen LogP contribution in [0.1, 0.15) is 29.9 Å². The lowest BCUT2D eigenvalue weighted by Gasteiger charge is -2.34. The molecule has 0 unspecified atom stereocenters. The molecule has 116 valence electrons. The van der Waals surface area contributed by atoms with Gasteiger partial charge in [-0.2, -0.15) is 0 Å². The Kier molecular flexibility index (Phi) is 3.33. The molecule has 0 saturated carbocycles. The van der Waals surface area contributed by atoms with Gasteiger partial charge in [0.2, 0.25) is 0 Å². The van der Waals surface area contributed by atoms with E-state index in [1.165, 1.54) is 11.3 Å². The molecular weight excluding hydrogens is 296 g/mol. The van der Waals surface area contributed by atoms with E-state index in [1.807, 2.05) is 18.3 Å². The molecule has 3 heterocycles. The van der Waals surface area contributed by atoms with Crippen LogP contribution in [0, 0.1) is 0 Å². The van der Waals surface area contributed by atoms with Crippen LogP contribution in [0.15, 0.2) is 39.9 Å². The van der Waals surface area contributed by atoms with Gasteiger partial charge in [-0.1, -0.05) is 12.1 Å². The summed E-state index contributed by atoms with van der Waals surface area (Å²) < 4.78 is 23.8. The highest BCUT2D eigenvalue weighted by Crippen LogP contribution is 2.34. The topological polar surface area (TPSA) is 49.7 Å². The van der Waals surface area contributed by atoms with E-state index < -0.39 is 9.84 Å². The van der Waals surface area contributed by atoms with Crippen molar-refractivity contribution in [3.05, 3.63) is 41.1 Å². The van der Waals surface area contributed by atoms with E-state index in [1.54, 1.807) is 0 Å². The van der Waals surface area contributed by atoms with Gasteiger partial charge in [0.25, 0.3) is 0 Å². The zero-order valence-corrected chi connectivity index (χ0v) is 13.3. The molecule has 1 aromatic rings. The van der Waals surface area contributed by atoms with Crippen molar-refractivity contribution in [2.45, 2.75) is 30.1 Å². The van der Waals surface area contributed by atoms with Crippen LogP contribution >= 0.6 is 0 Å². The minimum Gasteiger partial charge on any atom is -0.373 e.